The Morgan fingerprint density at radius 2 is 0.964 bits per heavy atom. The Kier molecular flexibility index (Phi) is 4.94. The molecule has 10 heteroatoms. The molecule has 0 aliphatic carbocycles. The second kappa shape index (κ2) is 7.50. The highest BCUT2D eigenvalue weighted by Crippen LogP contribution is 2.12. The Labute approximate surface area is 155 Å². The number of nitrogens with one attached hydrogen (secondary N) is 2. The van der Waals surface area contributed by atoms with Crippen molar-refractivity contribution in [2.24, 2.45) is 0 Å². The minimum atomic E-state index is -0.564. The summed E-state index contributed by atoms with van der Waals surface area (Å²) in [7, 11) is 0. The zero-order valence-electron chi connectivity index (χ0n) is 14.1. The van der Waals surface area contributed by atoms with Crippen LogP contribution in [-0.4, -0.2) is 19.8 Å². The van der Waals surface area contributed by atoms with Gasteiger partial charge in [0.15, 0.2) is 0 Å². The Morgan fingerprint density at radius 3 is 1.25 bits per heavy atom. The van der Waals surface area contributed by atoms with E-state index in [4.69, 9.17) is 0 Å². The molecule has 2 aromatic carbocycles. The van der Waals surface area contributed by atoms with Gasteiger partial charge in [0.25, 0.3) is 22.5 Å². The monoisotopic (exact) mass is 380 g/mol. The van der Waals surface area contributed by atoms with Gasteiger partial charge in [-0.2, -0.15) is 0 Å². The number of hydrogen-bond acceptors (Lipinski definition) is 6. The number of non-ortho nitro benzene ring substituents is 2. The van der Waals surface area contributed by atoms with Gasteiger partial charge in [-0.1, -0.05) is 0 Å². The Hall–Kier alpha value is -4.34. The second-order valence-corrected chi connectivity index (χ2v) is 5.72. The van der Waals surface area contributed by atoms with E-state index >= 15 is 0 Å². The van der Waals surface area contributed by atoms with Crippen molar-refractivity contribution in [3.8, 4) is 0 Å². The zero-order chi connectivity index (χ0) is 20.3. The molecule has 1 heterocycles. The lowest BCUT2D eigenvalue weighted by atomic mass is 10.2. The number of aromatic amines is 2. The highest BCUT2D eigenvalue weighted by atomic mass is 16.6. The normalized spacial score (nSPS) is 12.1. The topological polar surface area (TPSA) is 152 Å². The maximum atomic E-state index is 12.2. The number of nitro groups is 2. The molecular formula is C18H12N4O6. The Balaban J connectivity index is 2.01. The number of nitro benzene ring substituents is 2. The molecule has 0 amide bonds. The highest BCUT2D eigenvalue weighted by Gasteiger charge is 2.04. The van der Waals surface area contributed by atoms with Crippen LogP contribution in [-0.2, 0) is 0 Å². The molecule has 0 fully saturated rings. The summed E-state index contributed by atoms with van der Waals surface area (Å²) >= 11 is 0. The first-order valence-corrected chi connectivity index (χ1v) is 7.88. The largest absolute Gasteiger partial charge is 0.316 e. The van der Waals surface area contributed by atoms with Gasteiger partial charge in [0, 0.05) is 24.3 Å². The summed E-state index contributed by atoms with van der Waals surface area (Å²) in [6, 6.07) is 11.0. The molecule has 0 spiro atoms. The van der Waals surface area contributed by atoms with E-state index < -0.39 is 21.0 Å². The quantitative estimate of drug-likeness (QED) is 0.498. The summed E-state index contributed by atoms with van der Waals surface area (Å²) in [5.41, 5.74) is -0.310. The fourth-order valence-corrected chi connectivity index (χ4v) is 2.41. The molecule has 0 saturated carbocycles. The lowest BCUT2D eigenvalue weighted by Gasteiger charge is -1.95. The van der Waals surface area contributed by atoms with Gasteiger partial charge >= 0.3 is 0 Å². The predicted octanol–water partition coefficient (Wildman–Crippen LogP) is 0.537. The van der Waals surface area contributed by atoms with Gasteiger partial charge < -0.3 is 9.97 Å². The molecule has 1 aromatic heterocycles. The van der Waals surface area contributed by atoms with Crippen LogP contribution in [0.4, 0.5) is 11.4 Å². The summed E-state index contributed by atoms with van der Waals surface area (Å²) in [5, 5.41) is 21.3. The predicted molar refractivity (Wildman–Crippen MR) is 100 cm³/mol. The van der Waals surface area contributed by atoms with Gasteiger partial charge in [-0.25, -0.2) is 0 Å². The molecule has 0 aliphatic rings. The van der Waals surface area contributed by atoms with E-state index in [0.29, 0.717) is 11.1 Å². The third-order valence-corrected chi connectivity index (χ3v) is 3.82. The van der Waals surface area contributed by atoms with Crippen LogP contribution in [0.3, 0.4) is 0 Å². The summed E-state index contributed by atoms with van der Waals surface area (Å²) < 4.78 is 0. The van der Waals surface area contributed by atoms with Gasteiger partial charge in [0.1, 0.15) is 10.7 Å². The van der Waals surface area contributed by atoms with E-state index in [2.05, 4.69) is 9.97 Å². The number of benzene rings is 2. The van der Waals surface area contributed by atoms with Gasteiger partial charge in [-0.3, -0.25) is 29.8 Å². The molecule has 0 atom stereocenters. The molecule has 0 unspecified atom stereocenters. The van der Waals surface area contributed by atoms with Crippen LogP contribution in [0.1, 0.15) is 11.1 Å². The van der Waals surface area contributed by atoms with Gasteiger partial charge in [-0.05, 0) is 47.5 Å². The summed E-state index contributed by atoms with van der Waals surface area (Å²) in [5.74, 6) is 0. The average molecular weight is 380 g/mol. The number of nitrogens with zero attached hydrogens (tertiary/aromatic N) is 2. The van der Waals surface area contributed by atoms with Crippen LogP contribution in [0.2, 0.25) is 0 Å². The van der Waals surface area contributed by atoms with E-state index in [1.54, 1.807) is 0 Å². The van der Waals surface area contributed by atoms with Gasteiger partial charge in [-0.15, -0.1) is 0 Å². The van der Waals surface area contributed by atoms with Crippen LogP contribution in [0.25, 0.3) is 12.2 Å². The molecule has 3 rings (SSSR count). The van der Waals surface area contributed by atoms with Crippen molar-refractivity contribution >= 4 is 23.5 Å². The molecule has 0 aliphatic heterocycles. The Morgan fingerprint density at radius 1 is 0.643 bits per heavy atom. The first-order valence-electron chi connectivity index (χ1n) is 7.88. The number of H-pyrrole nitrogens is 2. The molecule has 10 nitrogen and oxygen atoms in total. The van der Waals surface area contributed by atoms with Crippen molar-refractivity contribution in [2.75, 3.05) is 0 Å². The molecule has 0 saturated heterocycles. The fourth-order valence-electron chi connectivity index (χ4n) is 2.41. The Bertz CT molecular complexity index is 1180. The molecule has 140 valence electrons. The average Bonchev–Trinajstić information content (AvgIpc) is 2.66. The summed E-state index contributed by atoms with van der Waals surface area (Å²) in [6.45, 7) is 0. The standard InChI is InChI=1S/C18H12N4O6/c23-17-15(9-11-1-5-13(6-2-11)21(25)26)19-18(24)16(20-17)10-12-3-7-14(8-4-12)22(27)28/h1-10H,(H,19,24)(H,20,23). The van der Waals surface area contributed by atoms with E-state index in [1.807, 2.05) is 0 Å². The maximum absolute atomic E-state index is 12.2. The van der Waals surface area contributed by atoms with Crippen LogP contribution in [0.15, 0.2) is 58.1 Å². The first kappa shape index (κ1) is 18.5. The van der Waals surface area contributed by atoms with Crippen molar-refractivity contribution in [3.05, 3.63) is 111 Å². The van der Waals surface area contributed by atoms with Crippen LogP contribution < -0.4 is 21.8 Å². The molecule has 3 aromatic rings. The molecule has 0 bridgehead atoms. The fraction of sp³-hybridized carbons (Fsp3) is 0. The van der Waals surface area contributed by atoms with Crippen molar-refractivity contribution < 1.29 is 9.85 Å². The van der Waals surface area contributed by atoms with E-state index in [-0.39, 0.29) is 22.1 Å². The van der Waals surface area contributed by atoms with E-state index in [1.165, 1.54) is 60.7 Å². The SMILES string of the molecule is O=c1[nH]c(=Cc2ccc([N+](=O)[O-])cc2)c(=O)[nH]c1=Cc1ccc([N+](=O)[O-])cc1. The summed E-state index contributed by atoms with van der Waals surface area (Å²) in [4.78, 5) is 49.6. The van der Waals surface area contributed by atoms with Gasteiger partial charge in [0.05, 0.1) is 9.85 Å². The zero-order valence-corrected chi connectivity index (χ0v) is 14.1. The number of rotatable bonds is 4. The van der Waals surface area contributed by atoms with Crippen molar-refractivity contribution in [1.82, 2.24) is 9.97 Å². The first-order chi connectivity index (χ1) is 13.3. The van der Waals surface area contributed by atoms with Crippen molar-refractivity contribution in [1.29, 1.82) is 0 Å². The van der Waals surface area contributed by atoms with Crippen LogP contribution in [0.5, 0.6) is 0 Å². The lowest BCUT2D eigenvalue weighted by Crippen LogP contribution is -2.46. The highest BCUT2D eigenvalue weighted by molar-refractivity contribution is 5.52. The van der Waals surface area contributed by atoms with Crippen molar-refractivity contribution in [3.63, 3.8) is 0 Å². The third kappa shape index (κ3) is 4.07. The second-order valence-electron chi connectivity index (χ2n) is 5.72. The van der Waals surface area contributed by atoms with Crippen LogP contribution >= 0.6 is 0 Å². The maximum Gasteiger partial charge on any atom is 0.272 e. The van der Waals surface area contributed by atoms with Gasteiger partial charge in [0.2, 0.25) is 0 Å². The van der Waals surface area contributed by atoms with Crippen molar-refractivity contribution in [2.45, 2.75) is 0 Å². The minimum absolute atomic E-state index is 0.0142. The molecular weight excluding hydrogens is 368 g/mol. The lowest BCUT2D eigenvalue weighted by molar-refractivity contribution is -0.385. The minimum Gasteiger partial charge on any atom is -0.316 e. The smallest absolute Gasteiger partial charge is 0.272 e. The number of aromatic nitrogens is 2. The molecule has 0 radical (unpaired) electrons. The molecule has 28 heavy (non-hydrogen) atoms. The van der Waals surface area contributed by atoms with Crippen LogP contribution in [0, 0.1) is 20.2 Å². The third-order valence-electron chi connectivity index (χ3n) is 3.82. The number of hydrogen-bond donors (Lipinski definition) is 2. The van der Waals surface area contributed by atoms with E-state index in [0.717, 1.165) is 0 Å². The van der Waals surface area contributed by atoms with E-state index in [9.17, 15) is 29.8 Å². The summed E-state index contributed by atoms with van der Waals surface area (Å²) in [6.07, 6.45) is 2.78. The molecule has 2 N–H and O–H groups in total.